The summed E-state index contributed by atoms with van der Waals surface area (Å²) in [6.45, 7) is 4.61. The third-order valence-electron chi connectivity index (χ3n) is 2.13. The van der Waals surface area contributed by atoms with Crippen LogP contribution in [0.2, 0.25) is 0 Å². The lowest BCUT2D eigenvalue weighted by molar-refractivity contribution is 0.455. The van der Waals surface area contributed by atoms with Crippen LogP contribution in [0.15, 0.2) is 0 Å². The summed E-state index contributed by atoms with van der Waals surface area (Å²) in [7, 11) is 0. The third kappa shape index (κ3) is 8.19. The second-order valence-corrected chi connectivity index (χ2v) is 3.81. The van der Waals surface area contributed by atoms with Gasteiger partial charge in [-0.15, -0.1) is 11.6 Å². The third-order valence-corrected chi connectivity index (χ3v) is 2.40. The van der Waals surface area contributed by atoms with Crippen LogP contribution in [-0.4, -0.2) is 5.88 Å². The molecule has 0 aliphatic heterocycles. The minimum atomic E-state index is 0.834. The molecule has 0 aliphatic carbocycles. The first-order valence-corrected chi connectivity index (χ1v) is 5.40. The van der Waals surface area contributed by atoms with Crippen molar-refractivity contribution in [2.24, 2.45) is 5.92 Å². The quantitative estimate of drug-likeness (QED) is 0.403. The summed E-state index contributed by atoms with van der Waals surface area (Å²) in [4.78, 5) is 0. The zero-order valence-electron chi connectivity index (χ0n) is 7.91. The van der Waals surface area contributed by atoms with Gasteiger partial charge in [-0.1, -0.05) is 46.0 Å². The van der Waals surface area contributed by atoms with Gasteiger partial charge in [0, 0.05) is 5.88 Å². The van der Waals surface area contributed by atoms with Gasteiger partial charge in [0.05, 0.1) is 0 Å². The molecule has 0 saturated carbocycles. The summed E-state index contributed by atoms with van der Waals surface area (Å²) in [6.07, 6.45) is 8.00. The maximum atomic E-state index is 5.59. The van der Waals surface area contributed by atoms with E-state index in [0.717, 1.165) is 11.8 Å². The number of rotatable bonds is 7. The SMILES string of the molecule is CCCCC(C)CCCCCl. The number of unbranched alkanes of at least 4 members (excludes halogenated alkanes) is 2. The predicted octanol–water partition coefficient (Wildman–Crippen LogP) is 4.22. The van der Waals surface area contributed by atoms with E-state index >= 15 is 0 Å². The van der Waals surface area contributed by atoms with E-state index in [-0.39, 0.29) is 0 Å². The highest BCUT2D eigenvalue weighted by Crippen LogP contribution is 2.14. The van der Waals surface area contributed by atoms with E-state index in [9.17, 15) is 0 Å². The average molecular weight is 177 g/mol. The smallest absolute Gasteiger partial charge is 0.0223 e. The average Bonchev–Trinajstić information content (AvgIpc) is 2.01. The van der Waals surface area contributed by atoms with Gasteiger partial charge < -0.3 is 0 Å². The molecule has 0 saturated heterocycles. The Morgan fingerprint density at radius 3 is 2.27 bits per heavy atom. The first-order chi connectivity index (χ1) is 5.31. The summed E-state index contributed by atoms with van der Waals surface area (Å²) in [6, 6.07) is 0. The molecule has 0 bridgehead atoms. The van der Waals surface area contributed by atoms with Gasteiger partial charge in [0.1, 0.15) is 0 Å². The Labute approximate surface area is 76.3 Å². The molecule has 0 rings (SSSR count). The lowest BCUT2D eigenvalue weighted by Gasteiger charge is -2.08. The van der Waals surface area contributed by atoms with E-state index in [1.54, 1.807) is 0 Å². The van der Waals surface area contributed by atoms with E-state index in [2.05, 4.69) is 13.8 Å². The van der Waals surface area contributed by atoms with Gasteiger partial charge in [0.15, 0.2) is 0 Å². The largest absolute Gasteiger partial charge is 0.127 e. The van der Waals surface area contributed by atoms with Crippen LogP contribution in [0.25, 0.3) is 0 Å². The molecule has 0 aromatic heterocycles. The van der Waals surface area contributed by atoms with Crippen molar-refractivity contribution in [3.63, 3.8) is 0 Å². The maximum absolute atomic E-state index is 5.59. The van der Waals surface area contributed by atoms with Crippen LogP contribution in [0.5, 0.6) is 0 Å². The van der Waals surface area contributed by atoms with Crippen LogP contribution >= 0.6 is 11.6 Å². The minimum absolute atomic E-state index is 0.834. The predicted molar refractivity (Wildman–Crippen MR) is 53.3 cm³/mol. The maximum Gasteiger partial charge on any atom is 0.0223 e. The summed E-state index contributed by atoms with van der Waals surface area (Å²) in [5.74, 6) is 1.75. The van der Waals surface area contributed by atoms with Crippen LogP contribution in [0.4, 0.5) is 0 Å². The van der Waals surface area contributed by atoms with Crippen molar-refractivity contribution in [2.75, 3.05) is 5.88 Å². The van der Waals surface area contributed by atoms with Gasteiger partial charge in [0.2, 0.25) is 0 Å². The molecule has 0 heterocycles. The zero-order chi connectivity index (χ0) is 8.53. The highest BCUT2D eigenvalue weighted by atomic mass is 35.5. The van der Waals surface area contributed by atoms with Crippen molar-refractivity contribution in [1.82, 2.24) is 0 Å². The topological polar surface area (TPSA) is 0 Å². The second kappa shape index (κ2) is 8.39. The Morgan fingerprint density at radius 2 is 1.73 bits per heavy atom. The van der Waals surface area contributed by atoms with Crippen molar-refractivity contribution >= 4 is 11.6 Å². The zero-order valence-corrected chi connectivity index (χ0v) is 8.66. The number of alkyl halides is 1. The standard InChI is InChI=1S/C10H21Cl/c1-3-4-7-10(2)8-5-6-9-11/h10H,3-9H2,1-2H3. The van der Waals surface area contributed by atoms with Crippen molar-refractivity contribution in [1.29, 1.82) is 0 Å². The molecule has 0 aromatic rings. The molecule has 68 valence electrons. The molecule has 0 aliphatic rings. The Morgan fingerprint density at radius 1 is 1.09 bits per heavy atom. The molecule has 0 N–H and O–H groups in total. The molecule has 0 nitrogen and oxygen atoms in total. The van der Waals surface area contributed by atoms with Gasteiger partial charge in [-0.3, -0.25) is 0 Å². The fraction of sp³-hybridized carbons (Fsp3) is 1.00. The number of halogens is 1. The molecule has 0 fully saturated rings. The summed E-state index contributed by atoms with van der Waals surface area (Å²) in [5, 5.41) is 0. The molecule has 1 atom stereocenters. The van der Waals surface area contributed by atoms with E-state index in [4.69, 9.17) is 11.6 Å². The van der Waals surface area contributed by atoms with Crippen LogP contribution in [-0.2, 0) is 0 Å². The number of hydrogen-bond acceptors (Lipinski definition) is 0. The van der Waals surface area contributed by atoms with Crippen molar-refractivity contribution in [2.45, 2.75) is 52.4 Å². The Balaban J connectivity index is 3.02. The van der Waals surface area contributed by atoms with Gasteiger partial charge >= 0.3 is 0 Å². The molecule has 11 heavy (non-hydrogen) atoms. The van der Waals surface area contributed by atoms with Crippen molar-refractivity contribution in [3.05, 3.63) is 0 Å². The van der Waals surface area contributed by atoms with Gasteiger partial charge in [0.25, 0.3) is 0 Å². The number of hydrogen-bond donors (Lipinski definition) is 0. The molecule has 0 amide bonds. The van der Waals surface area contributed by atoms with Crippen molar-refractivity contribution < 1.29 is 0 Å². The fourth-order valence-electron chi connectivity index (χ4n) is 1.28. The summed E-state index contributed by atoms with van der Waals surface area (Å²) in [5.41, 5.74) is 0. The summed E-state index contributed by atoms with van der Waals surface area (Å²) < 4.78 is 0. The molecular weight excluding hydrogens is 156 g/mol. The lowest BCUT2D eigenvalue weighted by atomic mass is 9.98. The Kier molecular flexibility index (Phi) is 8.61. The van der Waals surface area contributed by atoms with Gasteiger partial charge in [-0.25, -0.2) is 0 Å². The fourth-order valence-corrected chi connectivity index (χ4v) is 1.47. The van der Waals surface area contributed by atoms with E-state index in [0.29, 0.717) is 0 Å². The lowest BCUT2D eigenvalue weighted by Crippen LogP contribution is -1.94. The first kappa shape index (κ1) is 11.3. The van der Waals surface area contributed by atoms with Crippen LogP contribution in [0.3, 0.4) is 0 Å². The molecule has 0 radical (unpaired) electrons. The molecule has 1 unspecified atom stereocenters. The van der Waals surface area contributed by atoms with E-state index in [1.165, 1.54) is 38.5 Å². The molecule has 0 aromatic carbocycles. The van der Waals surface area contributed by atoms with E-state index in [1.807, 2.05) is 0 Å². The highest BCUT2D eigenvalue weighted by Gasteiger charge is 1.99. The Bertz CT molecular complexity index is 71.3. The van der Waals surface area contributed by atoms with Gasteiger partial charge in [-0.2, -0.15) is 0 Å². The van der Waals surface area contributed by atoms with Crippen LogP contribution in [0.1, 0.15) is 52.4 Å². The second-order valence-electron chi connectivity index (χ2n) is 3.43. The van der Waals surface area contributed by atoms with Gasteiger partial charge in [-0.05, 0) is 12.3 Å². The monoisotopic (exact) mass is 176 g/mol. The highest BCUT2D eigenvalue weighted by molar-refractivity contribution is 6.17. The molecular formula is C10H21Cl. The van der Waals surface area contributed by atoms with Crippen LogP contribution < -0.4 is 0 Å². The first-order valence-electron chi connectivity index (χ1n) is 4.87. The molecule has 1 heteroatoms. The molecule has 0 spiro atoms. The Hall–Kier alpha value is 0.290. The minimum Gasteiger partial charge on any atom is -0.127 e. The summed E-state index contributed by atoms with van der Waals surface area (Å²) >= 11 is 5.59. The van der Waals surface area contributed by atoms with Crippen LogP contribution in [0, 0.1) is 5.92 Å². The normalized spacial score (nSPS) is 13.4. The van der Waals surface area contributed by atoms with Crippen molar-refractivity contribution in [3.8, 4) is 0 Å². The van der Waals surface area contributed by atoms with E-state index < -0.39 is 0 Å².